The van der Waals surface area contributed by atoms with Crippen molar-refractivity contribution in [1.29, 1.82) is 0 Å². The lowest BCUT2D eigenvalue weighted by atomic mass is 10.0. The van der Waals surface area contributed by atoms with Crippen LogP contribution in [0.1, 0.15) is 17.5 Å². The molecule has 0 saturated heterocycles. The molecule has 0 aromatic heterocycles. The van der Waals surface area contributed by atoms with Gasteiger partial charge in [0, 0.05) is 0 Å². The van der Waals surface area contributed by atoms with E-state index in [0.29, 0.717) is 0 Å². The summed E-state index contributed by atoms with van der Waals surface area (Å²) in [5.41, 5.74) is 2.49. The molecule has 17 heavy (non-hydrogen) atoms. The first kappa shape index (κ1) is 11.9. The van der Waals surface area contributed by atoms with E-state index in [-0.39, 0.29) is 6.10 Å². The minimum absolute atomic E-state index is 0.252. The molecule has 2 aromatic carbocycles. The summed E-state index contributed by atoms with van der Waals surface area (Å²) >= 11 is 0. The molecular formula is C16H18O. The van der Waals surface area contributed by atoms with E-state index in [4.69, 9.17) is 0 Å². The lowest BCUT2D eigenvalue weighted by Crippen LogP contribution is -2.11. The molecule has 0 aliphatic rings. The van der Waals surface area contributed by atoms with E-state index >= 15 is 0 Å². The van der Waals surface area contributed by atoms with E-state index in [1.54, 1.807) is 0 Å². The first-order valence-electron chi connectivity index (χ1n) is 6.10. The predicted molar refractivity (Wildman–Crippen MR) is 70.9 cm³/mol. The summed E-state index contributed by atoms with van der Waals surface area (Å²) in [5, 5.41) is 9.96. The Kier molecular flexibility index (Phi) is 4.34. The van der Waals surface area contributed by atoms with Crippen LogP contribution in [-0.2, 0) is 12.8 Å². The standard InChI is InChI=1S/C16H18O/c17-16(13-15-9-5-2-6-10-15)12-11-14-7-3-1-4-8-14/h1-10,16-17H,11-13H2/t16-/m0/s1. The van der Waals surface area contributed by atoms with E-state index in [0.717, 1.165) is 19.3 Å². The number of aliphatic hydroxyl groups is 1. The molecule has 0 fully saturated rings. The lowest BCUT2D eigenvalue weighted by Gasteiger charge is -2.10. The van der Waals surface area contributed by atoms with Gasteiger partial charge in [0.1, 0.15) is 0 Å². The largest absolute Gasteiger partial charge is 0.393 e. The van der Waals surface area contributed by atoms with Gasteiger partial charge in [-0.25, -0.2) is 0 Å². The second-order valence-corrected chi connectivity index (χ2v) is 4.37. The first-order valence-corrected chi connectivity index (χ1v) is 6.10. The summed E-state index contributed by atoms with van der Waals surface area (Å²) in [5.74, 6) is 0. The van der Waals surface area contributed by atoms with Crippen LogP contribution in [0.2, 0.25) is 0 Å². The molecule has 2 rings (SSSR count). The van der Waals surface area contributed by atoms with E-state index in [9.17, 15) is 5.11 Å². The fraction of sp³-hybridized carbons (Fsp3) is 0.250. The highest BCUT2D eigenvalue weighted by Crippen LogP contribution is 2.09. The fourth-order valence-corrected chi connectivity index (χ4v) is 1.97. The van der Waals surface area contributed by atoms with E-state index in [1.807, 2.05) is 36.4 Å². The third-order valence-corrected chi connectivity index (χ3v) is 2.92. The van der Waals surface area contributed by atoms with E-state index in [2.05, 4.69) is 24.3 Å². The molecule has 88 valence electrons. The van der Waals surface area contributed by atoms with Crippen molar-refractivity contribution in [2.24, 2.45) is 0 Å². The molecular weight excluding hydrogens is 208 g/mol. The van der Waals surface area contributed by atoms with Gasteiger partial charge in [0.25, 0.3) is 0 Å². The molecule has 1 heteroatoms. The Morgan fingerprint density at radius 1 is 0.765 bits per heavy atom. The average molecular weight is 226 g/mol. The second-order valence-electron chi connectivity index (χ2n) is 4.37. The third kappa shape index (κ3) is 4.04. The summed E-state index contributed by atoms with van der Waals surface area (Å²) < 4.78 is 0. The van der Waals surface area contributed by atoms with Crippen LogP contribution in [0.3, 0.4) is 0 Å². The quantitative estimate of drug-likeness (QED) is 0.830. The van der Waals surface area contributed by atoms with Gasteiger partial charge in [-0.3, -0.25) is 0 Å². The van der Waals surface area contributed by atoms with Gasteiger partial charge in [-0.15, -0.1) is 0 Å². The maximum Gasteiger partial charge on any atom is 0.0583 e. The highest BCUT2D eigenvalue weighted by molar-refractivity contribution is 5.17. The van der Waals surface area contributed by atoms with Crippen molar-refractivity contribution in [2.75, 3.05) is 0 Å². The van der Waals surface area contributed by atoms with Crippen molar-refractivity contribution in [3.63, 3.8) is 0 Å². The molecule has 1 atom stereocenters. The summed E-state index contributed by atoms with van der Waals surface area (Å²) in [7, 11) is 0. The zero-order chi connectivity index (χ0) is 11.9. The topological polar surface area (TPSA) is 20.2 Å². The minimum atomic E-state index is -0.252. The summed E-state index contributed by atoms with van der Waals surface area (Å²) in [6, 6.07) is 20.5. The molecule has 0 amide bonds. The van der Waals surface area contributed by atoms with Crippen LogP contribution in [0.5, 0.6) is 0 Å². The molecule has 0 radical (unpaired) electrons. The summed E-state index contributed by atoms with van der Waals surface area (Å²) in [4.78, 5) is 0. The molecule has 0 aliphatic heterocycles. The predicted octanol–water partition coefficient (Wildman–Crippen LogP) is 3.22. The van der Waals surface area contributed by atoms with Gasteiger partial charge in [-0.1, -0.05) is 60.7 Å². The molecule has 1 N–H and O–H groups in total. The third-order valence-electron chi connectivity index (χ3n) is 2.92. The van der Waals surface area contributed by atoms with Crippen molar-refractivity contribution >= 4 is 0 Å². The number of hydrogen-bond donors (Lipinski definition) is 1. The van der Waals surface area contributed by atoms with Crippen molar-refractivity contribution < 1.29 is 5.11 Å². The van der Waals surface area contributed by atoms with Crippen LogP contribution in [0, 0.1) is 0 Å². The summed E-state index contributed by atoms with van der Waals surface area (Å²) in [6.07, 6.45) is 2.25. The second kappa shape index (κ2) is 6.21. The van der Waals surface area contributed by atoms with Crippen molar-refractivity contribution in [1.82, 2.24) is 0 Å². The molecule has 2 aromatic rings. The Labute approximate surface area is 103 Å². The van der Waals surface area contributed by atoms with Gasteiger partial charge in [-0.05, 0) is 30.4 Å². The number of benzene rings is 2. The normalized spacial score (nSPS) is 12.3. The summed E-state index contributed by atoms with van der Waals surface area (Å²) in [6.45, 7) is 0. The number of rotatable bonds is 5. The maximum atomic E-state index is 9.96. The Bertz CT molecular complexity index is 422. The molecule has 0 saturated carbocycles. The van der Waals surface area contributed by atoms with Gasteiger partial charge in [0.2, 0.25) is 0 Å². The Balaban J connectivity index is 1.80. The van der Waals surface area contributed by atoms with Crippen molar-refractivity contribution in [3.05, 3.63) is 71.8 Å². The van der Waals surface area contributed by atoms with Crippen LogP contribution in [0.15, 0.2) is 60.7 Å². The van der Waals surface area contributed by atoms with Gasteiger partial charge >= 0.3 is 0 Å². The zero-order valence-corrected chi connectivity index (χ0v) is 9.92. The highest BCUT2D eigenvalue weighted by Gasteiger charge is 2.05. The number of hydrogen-bond acceptors (Lipinski definition) is 1. The van der Waals surface area contributed by atoms with Crippen LogP contribution in [0.25, 0.3) is 0 Å². The van der Waals surface area contributed by atoms with Crippen molar-refractivity contribution in [2.45, 2.75) is 25.4 Å². The van der Waals surface area contributed by atoms with Crippen LogP contribution < -0.4 is 0 Å². The van der Waals surface area contributed by atoms with Gasteiger partial charge in [-0.2, -0.15) is 0 Å². The first-order chi connectivity index (χ1) is 8.34. The van der Waals surface area contributed by atoms with Crippen LogP contribution >= 0.6 is 0 Å². The van der Waals surface area contributed by atoms with E-state index in [1.165, 1.54) is 11.1 Å². The minimum Gasteiger partial charge on any atom is -0.393 e. The Hall–Kier alpha value is -1.60. The molecule has 0 spiro atoms. The van der Waals surface area contributed by atoms with Gasteiger partial charge in [0.05, 0.1) is 6.10 Å². The Morgan fingerprint density at radius 2 is 1.29 bits per heavy atom. The average Bonchev–Trinajstić information content (AvgIpc) is 2.39. The molecule has 0 aliphatic carbocycles. The van der Waals surface area contributed by atoms with E-state index < -0.39 is 0 Å². The fourth-order valence-electron chi connectivity index (χ4n) is 1.97. The molecule has 1 nitrogen and oxygen atoms in total. The number of aliphatic hydroxyl groups excluding tert-OH is 1. The number of aryl methyl sites for hydroxylation is 1. The molecule has 0 heterocycles. The van der Waals surface area contributed by atoms with Gasteiger partial charge in [0.15, 0.2) is 0 Å². The monoisotopic (exact) mass is 226 g/mol. The maximum absolute atomic E-state index is 9.96. The SMILES string of the molecule is O[C@@H](CCc1ccccc1)Cc1ccccc1. The van der Waals surface area contributed by atoms with Crippen LogP contribution in [-0.4, -0.2) is 11.2 Å². The van der Waals surface area contributed by atoms with Gasteiger partial charge < -0.3 is 5.11 Å². The smallest absolute Gasteiger partial charge is 0.0583 e. The van der Waals surface area contributed by atoms with Crippen molar-refractivity contribution in [3.8, 4) is 0 Å². The zero-order valence-electron chi connectivity index (χ0n) is 9.92. The Morgan fingerprint density at radius 3 is 1.88 bits per heavy atom. The molecule has 0 unspecified atom stereocenters. The lowest BCUT2D eigenvalue weighted by molar-refractivity contribution is 0.165. The van der Waals surface area contributed by atoms with Crippen LogP contribution in [0.4, 0.5) is 0 Å². The molecule has 0 bridgehead atoms. The highest BCUT2D eigenvalue weighted by atomic mass is 16.3.